The van der Waals surface area contributed by atoms with Crippen molar-refractivity contribution in [1.82, 2.24) is 4.98 Å². The topological polar surface area (TPSA) is 87.4 Å². The Morgan fingerprint density at radius 2 is 2.44 bits per heavy atom. The normalized spacial score (nSPS) is 13.7. The van der Waals surface area contributed by atoms with E-state index in [1.54, 1.807) is 12.1 Å². The molecule has 1 aromatic heterocycles. The molecule has 0 amide bonds. The van der Waals surface area contributed by atoms with E-state index < -0.39 is 0 Å². The highest BCUT2D eigenvalue weighted by molar-refractivity contribution is 9.10. The number of aliphatic imine (C=N–C) groups is 2. The number of hydrogen-bond acceptors (Lipinski definition) is 3. The van der Waals surface area contributed by atoms with Crippen LogP contribution in [0, 0.1) is 11.3 Å². The molecule has 0 spiro atoms. The maximum atomic E-state index is 8.61. The molecule has 0 aliphatic carbocycles. The van der Waals surface area contributed by atoms with Crippen molar-refractivity contribution in [2.75, 3.05) is 0 Å². The van der Waals surface area contributed by atoms with Gasteiger partial charge in [0.25, 0.3) is 0 Å². The summed E-state index contributed by atoms with van der Waals surface area (Å²) in [5, 5.41) is 8.61. The molecule has 0 aromatic carbocycles. The van der Waals surface area contributed by atoms with Gasteiger partial charge < -0.3 is 5.73 Å². The van der Waals surface area contributed by atoms with E-state index in [2.05, 4.69) is 30.9 Å². The van der Waals surface area contributed by atoms with Crippen LogP contribution in [-0.2, 0) is 0 Å². The van der Waals surface area contributed by atoms with Crippen LogP contribution in [-0.4, -0.2) is 22.0 Å². The van der Waals surface area contributed by atoms with E-state index in [1.807, 2.05) is 13.0 Å². The van der Waals surface area contributed by atoms with Crippen LogP contribution in [0.15, 0.2) is 28.3 Å². The third kappa shape index (κ3) is 3.44. The zero-order chi connectivity index (χ0) is 12.0. The van der Waals surface area contributed by atoms with E-state index in [0.717, 1.165) is 0 Å². The Morgan fingerprint density at radius 3 is 2.88 bits per heavy atom. The van der Waals surface area contributed by atoms with E-state index in [0.29, 0.717) is 17.2 Å². The Kier molecular flexibility index (Phi) is 4.61. The fraction of sp³-hybridized carbons (Fsp3) is 0.200. The molecule has 0 radical (unpaired) electrons. The zero-order valence-electron chi connectivity index (χ0n) is 8.63. The molecule has 2 N–H and O–H groups in total. The Hall–Kier alpha value is -1.74. The van der Waals surface area contributed by atoms with E-state index >= 15 is 0 Å². The van der Waals surface area contributed by atoms with Gasteiger partial charge in [-0.1, -0.05) is 15.9 Å². The number of alkyl halides is 1. The van der Waals surface area contributed by atoms with Crippen LogP contribution in [0.3, 0.4) is 0 Å². The predicted octanol–water partition coefficient (Wildman–Crippen LogP) is 1.75. The second-order valence-electron chi connectivity index (χ2n) is 2.88. The first-order valence-electron chi connectivity index (χ1n) is 4.50. The molecule has 0 bridgehead atoms. The van der Waals surface area contributed by atoms with E-state index in [4.69, 9.17) is 11.0 Å². The summed E-state index contributed by atoms with van der Waals surface area (Å²) in [5.41, 5.74) is 5.70. The van der Waals surface area contributed by atoms with E-state index in [-0.39, 0.29) is 4.83 Å². The van der Waals surface area contributed by atoms with Gasteiger partial charge in [0.2, 0.25) is 0 Å². The second kappa shape index (κ2) is 5.98. The lowest BCUT2D eigenvalue weighted by Gasteiger charge is -2.01. The predicted molar refractivity (Wildman–Crippen MR) is 67.1 cm³/mol. The molecule has 82 valence electrons. The molecule has 5 nitrogen and oxygen atoms in total. The highest BCUT2D eigenvalue weighted by Gasteiger charge is 2.05. The fourth-order valence-electron chi connectivity index (χ4n) is 0.933. The van der Waals surface area contributed by atoms with Gasteiger partial charge in [-0.05, 0) is 19.1 Å². The Bertz CT molecular complexity index is 441. The lowest BCUT2D eigenvalue weighted by Crippen LogP contribution is -2.08. The van der Waals surface area contributed by atoms with Gasteiger partial charge in [0.1, 0.15) is 11.9 Å². The lowest BCUT2D eigenvalue weighted by molar-refractivity contribution is 1.21. The molecule has 0 saturated carbocycles. The van der Waals surface area contributed by atoms with Crippen molar-refractivity contribution in [3.63, 3.8) is 0 Å². The smallest absolute Gasteiger partial charge is 0.154 e. The first-order valence-corrected chi connectivity index (χ1v) is 5.42. The van der Waals surface area contributed by atoms with Gasteiger partial charge in [-0.15, -0.1) is 0 Å². The minimum absolute atomic E-state index is 0.0234. The number of nitrogens with two attached hydrogens (primary N) is 1. The van der Waals surface area contributed by atoms with Crippen molar-refractivity contribution in [3.05, 3.63) is 23.9 Å². The number of halogens is 1. The minimum atomic E-state index is -0.0234. The van der Waals surface area contributed by atoms with Crippen LogP contribution in [0.2, 0.25) is 0 Å². The number of nitrogens with zero attached hydrogens (tertiary/aromatic N) is 4. The first kappa shape index (κ1) is 12.3. The molecule has 6 heteroatoms. The SMILES string of the molecule is CC(Br)C(N=CN)=Nc1ccc(C#N)cn1. The minimum Gasteiger partial charge on any atom is -0.390 e. The molecule has 0 fully saturated rings. The summed E-state index contributed by atoms with van der Waals surface area (Å²) in [6, 6.07) is 5.29. The fourth-order valence-corrected chi connectivity index (χ4v) is 1.15. The lowest BCUT2D eigenvalue weighted by atomic mass is 10.3. The number of pyridine rings is 1. The molecule has 1 rings (SSSR count). The van der Waals surface area contributed by atoms with Gasteiger partial charge in [0, 0.05) is 6.20 Å². The maximum Gasteiger partial charge on any atom is 0.154 e. The van der Waals surface area contributed by atoms with Crippen molar-refractivity contribution in [3.8, 4) is 6.07 Å². The maximum absolute atomic E-state index is 8.61. The quantitative estimate of drug-likeness (QED) is 0.508. The summed E-state index contributed by atoms with van der Waals surface area (Å²) >= 11 is 3.35. The van der Waals surface area contributed by atoms with Gasteiger partial charge in [0.15, 0.2) is 5.82 Å². The van der Waals surface area contributed by atoms with Crippen LogP contribution in [0.25, 0.3) is 0 Å². The number of nitriles is 1. The molecular formula is C10H10BrN5. The molecule has 0 saturated heterocycles. The highest BCUT2D eigenvalue weighted by Crippen LogP contribution is 2.12. The molecule has 1 unspecified atom stereocenters. The summed E-state index contributed by atoms with van der Waals surface area (Å²) in [5.74, 6) is 1.02. The standard InChI is InChI=1S/C10H10BrN5/c1-7(11)10(15-6-13)16-9-3-2-8(4-12)5-14-9/h2-3,5-7H,1H3,(H2,13,14,15,16). The van der Waals surface area contributed by atoms with Crippen molar-refractivity contribution < 1.29 is 0 Å². The summed E-state index contributed by atoms with van der Waals surface area (Å²) in [4.78, 5) is 12.1. The van der Waals surface area contributed by atoms with Crippen LogP contribution < -0.4 is 5.73 Å². The summed E-state index contributed by atoms with van der Waals surface area (Å²) in [7, 11) is 0. The van der Waals surface area contributed by atoms with Crippen LogP contribution in [0.1, 0.15) is 12.5 Å². The van der Waals surface area contributed by atoms with Gasteiger partial charge in [0.05, 0.1) is 16.7 Å². The van der Waals surface area contributed by atoms with Crippen LogP contribution >= 0.6 is 15.9 Å². The average molecular weight is 280 g/mol. The highest BCUT2D eigenvalue weighted by atomic mass is 79.9. The summed E-state index contributed by atoms with van der Waals surface area (Å²) in [6.45, 7) is 1.88. The monoisotopic (exact) mass is 279 g/mol. The Balaban J connectivity index is 3.00. The van der Waals surface area contributed by atoms with Crippen LogP contribution in [0.4, 0.5) is 5.82 Å². The number of aromatic nitrogens is 1. The van der Waals surface area contributed by atoms with Crippen molar-refractivity contribution in [2.45, 2.75) is 11.8 Å². The van der Waals surface area contributed by atoms with Crippen LogP contribution in [0.5, 0.6) is 0 Å². The Labute approximate surface area is 102 Å². The van der Waals surface area contributed by atoms with Crippen molar-refractivity contribution >= 4 is 33.9 Å². The third-order valence-corrected chi connectivity index (χ3v) is 2.08. The average Bonchev–Trinajstić information content (AvgIpc) is 2.29. The molecule has 16 heavy (non-hydrogen) atoms. The van der Waals surface area contributed by atoms with Gasteiger partial charge in [-0.2, -0.15) is 5.26 Å². The molecule has 0 aliphatic rings. The largest absolute Gasteiger partial charge is 0.390 e. The van der Waals surface area contributed by atoms with Crippen molar-refractivity contribution in [1.29, 1.82) is 5.26 Å². The summed E-state index contributed by atoms with van der Waals surface area (Å²) in [6.07, 6.45) is 2.64. The van der Waals surface area contributed by atoms with Crippen molar-refractivity contribution in [2.24, 2.45) is 15.7 Å². The number of hydrogen-bond donors (Lipinski definition) is 1. The van der Waals surface area contributed by atoms with Gasteiger partial charge in [-0.25, -0.2) is 15.0 Å². The van der Waals surface area contributed by atoms with E-state index in [9.17, 15) is 0 Å². The zero-order valence-corrected chi connectivity index (χ0v) is 10.2. The molecule has 0 aliphatic heterocycles. The molecule has 1 heterocycles. The van der Waals surface area contributed by atoms with E-state index in [1.165, 1.54) is 12.5 Å². The molecule has 1 aromatic rings. The number of rotatable bonds is 2. The van der Waals surface area contributed by atoms with Gasteiger partial charge in [-0.3, -0.25) is 0 Å². The first-order chi connectivity index (χ1) is 7.67. The number of amidine groups is 1. The molecule has 1 atom stereocenters. The molecular weight excluding hydrogens is 270 g/mol. The van der Waals surface area contributed by atoms with Gasteiger partial charge >= 0.3 is 0 Å². The second-order valence-corrected chi connectivity index (χ2v) is 4.25. The third-order valence-electron chi connectivity index (χ3n) is 1.67. The summed E-state index contributed by atoms with van der Waals surface area (Å²) < 4.78 is 0. The Morgan fingerprint density at radius 1 is 1.69 bits per heavy atom.